The fourth-order valence-corrected chi connectivity index (χ4v) is 2.55. The largest absolute Gasteiger partial charge is 0.346 e. The molecule has 3 aromatic heterocycles. The summed E-state index contributed by atoms with van der Waals surface area (Å²) >= 11 is 0. The summed E-state index contributed by atoms with van der Waals surface area (Å²) in [6, 6.07) is 13.2. The summed E-state index contributed by atoms with van der Waals surface area (Å²) in [7, 11) is 0. The lowest BCUT2D eigenvalue weighted by Gasteiger charge is -2.05. The number of aromatic nitrogens is 6. The minimum Gasteiger partial charge on any atom is -0.346 e. The number of imidazole rings is 1. The van der Waals surface area contributed by atoms with Crippen LogP contribution in [0.1, 0.15) is 21.6 Å². The zero-order valence-electron chi connectivity index (χ0n) is 13.3. The Kier molecular flexibility index (Phi) is 3.91. The van der Waals surface area contributed by atoms with Gasteiger partial charge in [0, 0.05) is 18.0 Å². The van der Waals surface area contributed by atoms with E-state index >= 15 is 0 Å². The zero-order chi connectivity index (χ0) is 17.1. The Bertz CT molecular complexity index is 956. The quantitative estimate of drug-likeness (QED) is 0.594. The van der Waals surface area contributed by atoms with Crippen molar-refractivity contribution in [2.24, 2.45) is 0 Å². The Hall–Kier alpha value is -3.55. The van der Waals surface area contributed by atoms with Crippen molar-refractivity contribution in [3.05, 3.63) is 78.0 Å². The van der Waals surface area contributed by atoms with E-state index in [2.05, 4.69) is 25.8 Å². The molecule has 0 radical (unpaired) electrons. The van der Waals surface area contributed by atoms with E-state index < -0.39 is 0 Å². The van der Waals surface area contributed by atoms with Gasteiger partial charge in [-0.2, -0.15) is 0 Å². The van der Waals surface area contributed by atoms with E-state index in [4.69, 9.17) is 0 Å². The summed E-state index contributed by atoms with van der Waals surface area (Å²) in [5, 5.41) is 13.9. The molecule has 1 aromatic carbocycles. The minimum atomic E-state index is -0.133. The van der Waals surface area contributed by atoms with Gasteiger partial charge < -0.3 is 9.72 Å². The molecular weight excluding hydrogens is 318 g/mol. The van der Waals surface area contributed by atoms with Gasteiger partial charge in [0.15, 0.2) is 0 Å². The van der Waals surface area contributed by atoms with Gasteiger partial charge in [-0.1, -0.05) is 18.2 Å². The summed E-state index contributed by atoms with van der Waals surface area (Å²) in [6.07, 6.45) is 5.39. The average Bonchev–Trinajstić information content (AvgIpc) is 3.29. The maximum Gasteiger partial charge on any atom is 0.251 e. The van der Waals surface area contributed by atoms with Crippen LogP contribution in [0.15, 0.2) is 61.2 Å². The van der Waals surface area contributed by atoms with Gasteiger partial charge in [-0.3, -0.25) is 4.79 Å². The van der Waals surface area contributed by atoms with Gasteiger partial charge >= 0.3 is 0 Å². The number of nitrogens with one attached hydrogen (secondary N) is 1. The highest BCUT2D eigenvalue weighted by Gasteiger charge is 2.07. The van der Waals surface area contributed by atoms with Crippen LogP contribution < -0.4 is 5.32 Å². The lowest BCUT2D eigenvalue weighted by atomic mass is 10.1. The fourth-order valence-electron chi connectivity index (χ4n) is 2.55. The highest BCUT2D eigenvalue weighted by Crippen LogP contribution is 2.07. The first-order chi connectivity index (χ1) is 12.3. The Morgan fingerprint density at radius 1 is 1.12 bits per heavy atom. The molecule has 0 aliphatic heterocycles. The normalized spacial score (nSPS) is 10.9. The van der Waals surface area contributed by atoms with Crippen molar-refractivity contribution in [1.82, 2.24) is 34.9 Å². The van der Waals surface area contributed by atoms with Crippen LogP contribution in [0, 0.1) is 0 Å². The van der Waals surface area contributed by atoms with Gasteiger partial charge in [0.05, 0.1) is 18.8 Å². The number of hydrogen-bond acceptors (Lipinski definition) is 5. The summed E-state index contributed by atoms with van der Waals surface area (Å²) in [5.74, 6) is -0.133. The molecule has 0 fully saturated rings. The first kappa shape index (κ1) is 15.0. The number of nitrogens with zero attached hydrogens (tertiary/aromatic N) is 6. The third kappa shape index (κ3) is 3.37. The lowest BCUT2D eigenvalue weighted by molar-refractivity contribution is 0.0950. The van der Waals surface area contributed by atoms with Crippen molar-refractivity contribution in [2.75, 3.05) is 0 Å². The van der Waals surface area contributed by atoms with E-state index in [0.717, 1.165) is 16.9 Å². The average molecular weight is 333 g/mol. The number of fused-ring (bicyclic) bond motifs is 1. The molecule has 0 aliphatic carbocycles. The molecule has 4 aromatic rings. The van der Waals surface area contributed by atoms with E-state index in [1.807, 2.05) is 47.1 Å². The zero-order valence-corrected chi connectivity index (χ0v) is 13.3. The number of pyridine rings is 1. The van der Waals surface area contributed by atoms with Crippen molar-refractivity contribution in [3.8, 4) is 0 Å². The molecule has 124 valence electrons. The van der Waals surface area contributed by atoms with E-state index in [0.29, 0.717) is 18.7 Å². The van der Waals surface area contributed by atoms with Crippen LogP contribution in [0.3, 0.4) is 0 Å². The second-order valence-corrected chi connectivity index (χ2v) is 5.59. The molecule has 8 nitrogen and oxygen atoms in total. The van der Waals surface area contributed by atoms with Crippen LogP contribution in [0.4, 0.5) is 0 Å². The Morgan fingerprint density at radius 2 is 2.00 bits per heavy atom. The molecule has 8 heteroatoms. The molecule has 0 saturated carbocycles. The van der Waals surface area contributed by atoms with Crippen molar-refractivity contribution in [2.45, 2.75) is 13.1 Å². The Labute approximate surface area is 143 Å². The maximum atomic E-state index is 12.3. The van der Waals surface area contributed by atoms with E-state index in [-0.39, 0.29) is 5.91 Å². The number of hydrogen-bond donors (Lipinski definition) is 1. The highest BCUT2D eigenvalue weighted by atomic mass is 16.1. The summed E-state index contributed by atoms with van der Waals surface area (Å²) in [4.78, 5) is 16.7. The first-order valence-electron chi connectivity index (χ1n) is 7.78. The second kappa shape index (κ2) is 6.52. The predicted molar refractivity (Wildman–Crippen MR) is 89.7 cm³/mol. The second-order valence-electron chi connectivity index (χ2n) is 5.59. The third-order valence-corrected chi connectivity index (χ3v) is 3.80. The number of rotatable bonds is 5. The van der Waals surface area contributed by atoms with Gasteiger partial charge in [0.25, 0.3) is 5.91 Å². The maximum absolute atomic E-state index is 12.3. The van der Waals surface area contributed by atoms with Crippen LogP contribution in [0.5, 0.6) is 0 Å². The minimum absolute atomic E-state index is 0.133. The smallest absolute Gasteiger partial charge is 0.251 e. The van der Waals surface area contributed by atoms with Gasteiger partial charge in [0.2, 0.25) is 0 Å². The molecule has 0 spiro atoms. The van der Waals surface area contributed by atoms with Gasteiger partial charge in [-0.15, -0.1) is 5.10 Å². The molecule has 0 saturated heterocycles. The van der Waals surface area contributed by atoms with Crippen molar-refractivity contribution in [3.63, 3.8) is 0 Å². The van der Waals surface area contributed by atoms with Crippen LogP contribution >= 0.6 is 0 Å². The van der Waals surface area contributed by atoms with E-state index in [1.165, 1.54) is 0 Å². The van der Waals surface area contributed by atoms with Gasteiger partial charge in [0.1, 0.15) is 12.0 Å². The molecular formula is C17H15N7O. The molecule has 4 rings (SSSR count). The van der Waals surface area contributed by atoms with Gasteiger partial charge in [-0.05, 0) is 40.3 Å². The van der Waals surface area contributed by atoms with Crippen molar-refractivity contribution in [1.29, 1.82) is 0 Å². The Balaban J connectivity index is 1.38. The molecule has 0 unspecified atom stereocenters. The molecule has 1 amide bonds. The van der Waals surface area contributed by atoms with Gasteiger partial charge in [-0.25, -0.2) is 9.67 Å². The van der Waals surface area contributed by atoms with Crippen LogP contribution in [-0.2, 0) is 13.1 Å². The molecule has 0 atom stereocenters. The summed E-state index contributed by atoms with van der Waals surface area (Å²) in [5.41, 5.74) is 3.29. The van der Waals surface area contributed by atoms with Crippen LogP contribution in [-0.4, -0.2) is 35.5 Å². The van der Waals surface area contributed by atoms with Crippen molar-refractivity contribution < 1.29 is 4.79 Å². The number of benzene rings is 1. The first-order valence-corrected chi connectivity index (χ1v) is 7.78. The molecule has 1 N–H and O–H groups in total. The standard InChI is InChI=1S/C17H15N7O/c25-17(18-9-15-11-23-8-2-1-3-16(23)20-15)14-6-4-13(5-7-14)10-24-12-19-21-22-24/h1-8,11-12H,9-10H2,(H,18,25). The molecule has 25 heavy (non-hydrogen) atoms. The van der Waals surface area contributed by atoms with E-state index in [1.54, 1.807) is 23.1 Å². The number of carbonyl (C=O) groups excluding carboxylic acids is 1. The topological polar surface area (TPSA) is 90.0 Å². The monoisotopic (exact) mass is 333 g/mol. The molecule has 0 aliphatic rings. The third-order valence-electron chi connectivity index (χ3n) is 3.80. The molecule has 3 heterocycles. The SMILES string of the molecule is O=C(NCc1cn2ccccc2n1)c1ccc(Cn2cnnn2)cc1. The van der Waals surface area contributed by atoms with E-state index in [9.17, 15) is 4.79 Å². The lowest BCUT2D eigenvalue weighted by Crippen LogP contribution is -2.22. The number of carbonyl (C=O) groups is 1. The highest BCUT2D eigenvalue weighted by molar-refractivity contribution is 5.94. The van der Waals surface area contributed by atoms with Crippen LogP contribution in [0.2, 0.25) is 0 Å². The summed E-state index contributed by atoms with van der Waals surface area (Å²) < 4.78 is 3.55. The van der Waals surface area contributed by atoms with Crippen LogP contribution in [0.25, 0.3) is 5.65 Å². The fraction of sp³-hybridized carbons (Fsp3) is 0.118. The summed E-state index contributed by atoms with van der Waals surface area (Å²) in [6.45, 7) is 0.947. The number of tetrazole rings is 1. The number of amides is 1. The molecule has 0 bridgehead atoms. The Morgan fingerprint density at radius 3 is 2.76 bits per heavy atom. The predicted octanol–water partition coefficient (Wildman–Crippen LogP) is 1.30. The van der Waals surface area contributed by atoms with Crippen molar-refractivity contribution >= 4 is 11.6 Å².